The van der Waals surface area contributed by atoms with Crippen molar-refractivity contribution in [2.24, 2.45) is 0 Å². The van der Waals surface area contributed by atoms with Crippen LogP contribution in [0.2, 0.25) is 5.02 Å². The van der Waals surface area contributed by atoms with E-state index < -0.39 is 23.5 Å². The van der Waals surface area contributed by atoms with Gasteiger partial charge in [0.1, 0.15) is 11.6 Å². The molecule has 0 spiro atoms. The van der Waals surface area contributed by atoms with Crippen molar-refractivity contribution in [3.05, 3.63) is 106 Å². The van der Waals surface area contributed by atoms with E-state index in [4.69, 9.17) is 16.0 Å². The van der Waals surface area contributed by atoms with Crippen LogP contribution >= 0.6 is 11.6 Å². The predicted molar refractivity (Wildman–Crippen MR) is 121 cm³/mol. The summed E-state index contributed by atoms with van der Waals surface area (Å²) in [6.45, 7) is 1.82. The lowest BCUT2D eigenvalue weighted by Gasteiger charge is -2.27. The Labute approximate surface area is 188 Å². The molecule has 0 fully saturated rings. The summed E-state index contributed by atoms with van der Waals surface area (Å²) in [5, 5.41) is 12.0. The quantitative estimate of drug-likeness (QED) is 0.416. The summed E-state index contributed by atoms with van der Waals surface area (Å²) in [7, 11) is 0. The van der Waals surface area contributed by atoms with Gasteiger partial charge in [-0.25, -0.2) is 0 Å². The first-order valence-electron chi connectivity index (χ1n) is 9.93. The van der Waals surface area contributed by atoms with Crippen LogP contribution in [0.25, 0.3) is 11.0 Å². The predicted octanol–water partition coefficient (Wildman–Crippen LogP) is 5.57. The third-order valence-electron chi connectivity index (χ3n) is 5.50. The van der Waals surface area contributed by atoms with E-state index in [1.807, 2.05) is 19.1 Å². The topological polar surface area (TPSA) is 83.6 Å². The average molecular weight is 445 g/mol. The lowest BCUT2D eigenvalue weighted by atomic mass is 9.97. The first-order chi connectivity index (χ1) is 15.5. The zero-order chi connectivity index (χ0) is 22.4. The SMILES string of the molecule is Cc1ccc(Cl)cc1N1C(=O)C(O)=C(C(=O)c2cc3ccccc3o2)C1c1ccccn1. The third-order valence-corrected chi connectivity index (χ3v) is 5.74. The van der Waals surface area contributed by atoms with Crippen LogP contribution in [0.4, 0.5) is 5.69 Å². The molecule has 2 aromatic heterocycles. The Kier molecular flexibility index (Phi) is 4.79. The Morgan fingerprint density at radius 2 is 1.88 bits per heavy atom. The van der Waals surface area contributed by atoms with E-state index in [9.17, 15) is 14.7 Å². The molecule has 2 aromatic carbocycles. The summed E-state index contributed by atoms with van der Waals surface area (Å²) in [5.41, 5.74) is 2.12. The highest BCUT2D eigenvalue weighted by molar-refractivity contribution is 6.31. The van der Waals surface area contributed by atoms with Gasteiger partial charge in [0.25, 0.3) is 5.91 Å². The number of ketones is 1. The highest BCUT2D eigenvalue weighted by Crippen LogP contribution is 2.43. The number of hydrogen-bond donors (Lipinski definition) is 1. The summed E-state index contributed by atoms with van der Waals surface area (Å²) in [5.74, 6) is -1.88. The second-order valence-electron chi connectivity index (χ2n) is 7.50. The minimum atomic E-state index is -0.943. The van der Waals surface area contributed by atoms with Crippen molar-refractivity contribution in [2.75, 3.05) is 4.90 Å². The molecular weight excluding hydrogens is 428 g/mol. The fourth-order valence-electron chi connectivity index (χ4n) is 3.97. The second kappa shape index (κ2) is 7.66. The number of rotatable bonds is 4. The summed E-state index contributed by atoms with van der Waals surface area (Å²) < 4.78 is 5.73. The van der Waals surface area contributed by atoms with Gasteiger partial charge in [-0.1, -0.05) is 41.9 Å². The largest absolute Gasteiger partial charge is 0.503 e. The highest BCUT2D eigenvalue weighted by atomic mass is 35.5. The number of anilines is 1. The Morgan fingerprint density at radius 3 is 2.62 bits per heavy atom. The minimum Gasteiger partial charge on any atom is -0.503 e. The van der Waals surface area contributed by atoms with Crippen LogP contribution in [-0.4, -0.2) is 21.8 Å². The van der Waals surface area contributed by atoms with Gasteiger partial charge in [-0.05, 0) is 48.9 Å². The van der Waals surface area contributed by atoms with Gasteiger partial charge in [-0.3, -0.25) is 19.5 Å². The van der Waals surface area contributed by atoms with Gasteiger partial charge >= 0.3 is 0 Å². The maximum atomic E-state index is 13.5. The number of carbonyl (C=O) groups is 2. The van der Waals surface area contributed by atoms with Gasteiger partial charge in [0.2, 0.25) is 5.78 Å². The van der Waals surface area contributed by atoms with E-state index in [0.717, 1.165) is 10.9 Å². The molecule has 1 aliphatic heterocycles. The van der Waals surface area contributed by atoms with Gasteiger partial charge in [0, 0.05) is 22.3 Å². The molecule has 1 amide bonds. The molecule has 0 saturated heterocycles. The maximum absolute atomic E-state index is 13.5. The standard InChI is InChI=1S/C25H17ClN2O4/c1-14-9-10-16(26)13-18(14)28-22(17-7-4-5-11-27-17)21(24(30)25(28)31)23(29)20-12-15-6-2-3-8-19(15)32-20/h2-13,22,30H,1H3. The van der Waals surface area contributed by atoms with Crippen molar-refractivity contribution >= 4 is 39.9 Å². The lowest BCUT2D eigenvalue weighted by Crippen LogP contribution is -2.32. The number of aliphatic hydroxyl groups excluding tert-OH is 1. The van der Waals surface area contributed by atoms with Crippen LogP contribution in [0.3, 0.4) is 0 Å². The molecule has 158 valence electrons. The smallest absolute Gasteiger partial charge is 0.294 e. The van der Waals surface area contributed by atoms with Crippen LogP contribution in [-0.2, 0) is 4.79 Å². The fourth-order valence-corrected chi connectivity index (χ4v) is 4.14. The highest BCUT2D eigenvalue weighted by Gasteiger charge is 2.46. The monoisotopic (exact) mass is 444 g/mol. The zero-order valence-corrected chi connectivity index (χ0v) is 17.7. The van der Waals surface area contributed by atoms with Crippen LogP contribution in [0.5, 0.6) is 0 Å². The van der Waals surface area contributed by atoms with Crippen LogP contribution in [0, 0.1) is 6.92 Å². The van der Waals surface area contributed by atoms with E-state index in [1.165, 1.54) is 4.90 Å². The molecule has 3 heterocycles. The Hall–Kier alpha value is -3.90. The third kappa shape index (κ3) is 3.16. The molecule has 5 rings (SSSR count). The molecule has 1 unspecified atom stereocenters. The summed E-state index contributed by atoms with van der Waals surface area (Å²) in [4.78, 5) is 32.5. The average Bonchev–Trinajstić information content (AvgIpc) is 3.35. The van der Waals surface area contributed by atoms with Gasteiger partial charge in [-0.2, -0.15) is 0 Å². The number of halogens is 1. The number of pyridine rings is 1. The number of aryl methyl sites for hydroxylation is 1. The Morgan fingerprint density at radius 1 is 1.09 bits per heavy atom. The van der Waals surface area contributed by atoms with Crippen molar-refractivity contribution < 1.29 is 19.1 Å². The number of furan rings is 1. The number of aliphatic hydroxyl groups is 1. The molecule has 0 radical (unpaired) electrons. The summed E-state index contributed by atoms with van der Waals surface area (Å²) in [6, 6.07) is 18.2. The van der Waals surface area contributed by atoms with Crippen molar-refractivity contribution in [1.29, 1.82) is 0 Å². The lowest BCUT2D eigenvalue weighted by molar-refractivity contribution is -0.117. The van der Waals surface area contributed by atoms with Gasteiger partial charge in [0.15, 0.2) is 11.5 Å². The van der Waals surface area contributed by atoms with Crippen molar-refractivity contribution in [2.45, 2.75) is 13.0 Å². The number of benzene rings is 2. The van der Waals surface area contributed by atoms with Crippen molar-refractivity contribution in [3.8, 4) is 0 Å². The molecule has 32 heavy (non-hydrogen) atoms. The summed E-state index contributed by atoms with van der Waals surface area (Å²) in [6.07, 6.45) is 1.57. The molecule has 4 aromatic rings. The number of amides is 1. The van der Waals surface area contributed by atoms with Crippen LogP contribution < -0.4 is 4.90 Å². The molecule has 0 bridgehead atoms. The van der Waals surface area contributed by atoms with Crippen molar-refractivity contribution in [1.82, 2.24) is 4.98 Å². The van der Waals surface area contributed by atoms with Gasteiger partial charge in [-0.15, -0.1) is 0 Å². The van der Waals surface area contributed by atoms with Gasteiger partial charge < -0.3 is 9.52 Å². The number of Topliss-reactive ketones (excluding diaryl/α,β-unsaturated/α-hetero) is 1. The number of carbonyl (C=O) groups excluding carboxylic acids is 2. The zero-order valence-electron chi connectivity index (χ0n) is 16.9. The van der Waals surface area contributed by atoms with E-state index >= 15 is 0 Å². The molecule has 7 heteroatoms. The van der Waals surface area contributed by atoms with Crippen LogP contribution in [0.15, 0.2) is 88.7 Å². The Bertz CT molecular complexity index is 1380. The molecule has 1 atom stereocenters. The molecule has 6 nitrogen and oxygen atoms in total. The van der Waals surface area contributed by atoms with Crippen LogP contribution in [0.1, 0.15) is 27.9 Å². The number of para-hydroxylation sites is 1. The molecule has 0 aliphatic carbocycles. The number of fused-ring (bicyclic) bond motifs is 1. The van der Waals surface area contributed by atoms with E-state index in [-0.39, 0.29) is 11.3 Å². The number of nitrogens with zero attached hydrogens (tertiary/aromatic N) is 2. The molecule has 1 aliphatic rings. The van der Waals surface area contributed by atoms with E-state index in [2.05, 4.69) is 4.98 Å². The van der Waals surface area contributed by atoms with E-state index in [0.29, 0.717) is 22.0 Å². The first kappa shape index (κ1) is 20.0. The second-order valence-corrected chi connectivity index (χ2v) is 7.94. The normalized spacial score (nSPS) is 16.2. The maximum Gasteiger partial charge on any atom is 0.294 e. The first-order valence-corrected chi connectivity index (χ1v) is 10.3. The van der Waals surface area contributed by atoms with Crippen molar-refractivity contribution in [3.63, 3.8) is 0 Å². The fraction of sp³-hybridized carbons (Fsp3) is 0.0800. The molecular formula is C25H17ClN2O4. The minimum absolute atomic E-state index is 0.0335. The van der Waals surface area contributed by atoms with E-state index in [1.54, 1.807) is 60.8 Å². The number of aromatic nitrogens is 1. The Balaban J connectivity index is 1.69. The molecule has 1 N–H and O–H groups in total. The number of hydrogen-bond acceptors (Lipinski definition) is 5. The summed E-state index contributed by atoms with van der Waals surface area (Å²) >= 11 is 6.20. The molecule has 0 saturated carbocycles. The van der Waals surface area contributed by atoms with Gasteiger partial charge in [0.05, 0.1) is 11.3 Å².